The fourth-order valence-corrected chi connectivity index (χ4v) is 2.06. The van der Waals surface area contributed by atoms with Gasteiger partial charge in [-0.3, -0.25) is 0 Å². The van der Waals surface area contributed by atoms with Gasteiger partial charge in [0.05, 0.1) is 0 Å². The summed E-state index contributed by atoms with van der Waals surface area (Å²) < 4.78 is 6.04. The fourth-order valence-electron chi connectivity index (χ4n) is 2.06. The molecule has 2 heteroatoms. The molecule has 0 bridgehead atoms. The zero-order valence-electron chi connectivity index (χ0n) is 13.3. The maximum Gasteiger partial charge on any atom is 0.122 e. The lowest BCUT2D eigenvalue weighted by molar-refractivity contribution is 0.231. The number of aryl methyl sites for hydroxylation is 1. The standard InChI is InChI=1S/C17H29NO/c1-7-18-16(13(4)5)11-19-17-10-15(12(2)3)9-8-14(17)6/h8-10,12-13,16,18H,7,11H2,1-6H3. The van der Waals surface area contributed by atoms with Gasteiger partial charge in [0.1, 0.15) is 12.4 Å². The number of likely N-dealkylation sites (N-methyl/N-ethyl adjacent to an activating group) is 1. The molecule has 19 heavy (non-hydrogen) atoms. The van der Waals surface area contributed by atoms with Crippen LogP contribution in [0, 0.1) is 12.8 Å². The van der Waals surface area contributed by atoms with Gasteiger partial charge in [0, 0.05) is 6.04 Å². The first-order valence-electron chi connectivity index (χ1n) is 7.42. The predicted octanol–water partition coefficient (Wildman–Crippen LogP) is 4.13. The van der Waals surface area contributed by atoms with E-state index in [0.717, 1.165) is 18.9 Å². The van der Waals surface area contributed by atoms with Gasteiger partial charge in [-0.05, 0) is 42.5 Å². The molecule has 0 saturated heterocycles. The van der Waals surface area contributed by atoms with Crippen molar-refractivity contribution in [1.82, 2.24) is 5.32 Å². The van der Waals surface area contributed by atoms with Gasteiger partial charge in [0.25, 0.3) is 0 Å². The molecular weight excluding hydrogens is 234 g/mol. The highest BCUT2D eigenvalue weighted by molar-refractivity contribution is 5.37. The lowest BCUT2D eigenvalue weighted by Gasteiger charge is -2.23. The summed E-state index contributed by atoms with van der Waals surface area (Å²) in [6.45, 7) is 14.8. The summed E-state index contributed by atoms with van der Waals surface area (Å²) in [6, 6.07) is 6.94. The van der Waals surface area contributed by atoms with Crippen LogP contribution in [0.5, 0.6) is 5.75 Å². The highest BCUT2D eigenvalue weighted by Gasteiger charge is 2.13. The molecule has 2 nitrogen and oxygen atoms in total. The second-order valence-corrected chi connectivity index (χ2v) is 5.90. The summed E-state index contributed by atoms with van der Waals surface area (Å²) in [5.41, 5.74) is 2.55. The Balaban J connectivity index is 2.72. The van der Waals surface area contributed by atoms with Gasteiger partial charge < -0.3 is 10.1 Å². The first kappa shape index (κ1) is 16.0. The minimum absolute atomic E-state index is 0.409. The van der Waals surface area contributed by atoms with Crippen molar-refractivity contribution in [3.05, 3.63) is 29.3 Å². The Morgan fingerprint density at radius 3 is 2.37 bits per heavy atom. The van der Waals surface area contributed by atoms with E-state index in [0.29, 0.717) is 17.9 Å². The van der Waals surface area contributed by atoms with Gasteiger partial charge in [-0.25, -0.2) is 0 Å². The molecule has 0 aliphatic heterocycles. The minimum Gasteiger partial charge on any atom is -0.492 e. The summed E-state index contributed by atoms with van der Waals surface area (Å²) in [5, 5.41) is 3.48. The molecule has 1 unspecified atom stereocenters. The summed E-state index contributed by atoms with van der Waals surface area (Å²) in [6.07, 6.45) is 0. The molecule has 0 fully saturated rings. The number of hydrogen-bond donors (Lipinski definition) is 1. The minimum atomic E-state index is 0.409. The average molecular weight is 263 g/mol. The molecule has 108 valence electrons. The topological polar surface area (TPSA) is 21.3 Å². The Hall–Kier alpha value is -1.02. The number of nitrogens with one attached hydrogen (secondary N) is 1. The van der Waals surface area contributed by atoms with E-state index in [-0.39, 0.29) is 0 Å². The molecule has 1 aromatic carbocycles. The number of hydrogen-bond acceptors (Lipinski definition) is 2. The van der Waals surface area contributed by atoms with E-state index >= 15 is 0 Å². The summed E-state index contributed by atoms with van der Waals surface area (Å²) in [5.74, 6) is 2.14. The van der Waals surface area contributed by atoms with Crippen LogP contribution in [0.1, 0.15) is 51.7 Å². The Labute approximate surface area is 118 Å². The molecule has 0 amide bonds. The quantitative estimate of drug-likeness (QED) is 0.798. The molecule has 0 spiro atoms. The van der Waals surface area contributed by atoms with Gasteiger partial charge in [0.2, 0.25) is 0 Å². The molecule has 0 saturated carbocycles. The van der Waals surface area contributed by atoms with Gasteiger partial charge in [0.15, 0.2) is 0 Å². The van der Waals surface area contributed by atoms with Crippen LogP contribution < -0.4 is 10.1 Å². The monoisotopic (exact) mass is 263 g/mol. The SMILES string of the molecule is CCNC(COc1cc(C(C)C)ccc1C)C(C)C. The summed E-state index contributed by atoms with van der Waals surface area (Å²) >= 11 is 0. The molecule has 0 heterocycles. The van der Waals surface area contributed by atoms with Crippen LogP contribution in [-0.4, -0.2) is 19.2 Å². The van der Waals surface area contributed by atoms with Crippen molar-refractivity contribution in [1.29, 1.82) is 0 Å². The third kappa shape index (κ3) is 4.87. The molecular formula is C17H29NO. The second kappa shape index (κ2) is 7.54. The maximum absolute atomic E-state index is 6.04. The zero-order chi connectivity index (χ0) is 14.4. The van der Waals surface area contributed by atoms with Crippen LogP contribution in [-0.2, 0) is 0 Å². The van der Waals surface area contributed by atoms with Gasteiger partial charge in [-0.15, -0.1) is 0 Å². The maximum atomic E-state index is 6.04. The van der Waals surface area contributed by atoms with Crippen LogP contribution >= 0.6 is 0 Å². The fraction of sp³-hybridized carbons (Fsp3) is 0.647. The lowest BCUT2D eigenvalue weighted by atomic mass is 10.0. The highest BCUT2D eigenvalue weighted by Crippen LogP contribution is 2.24. The Morgan fingerprint density at radius 2 is 1.84 bits per heavy atom. The summed E-state index contributed by atoms with van der Waals surface area (Å²) in [7, 11) is 0. The number of rotatable bonds is 7. The van der Waals surface area contributed by atoms with Crippen LogP contribution in [0.3, 0.4) is 0 Å². The van der Waals surface area contributed by atoms with Crippen LogP contribution in [0.15, 0.2) is 18.2 Å². The van der Waals surface area contributed by atoms with E-state index in [4.69, 9.17) is 4.74 Å². The van der Waals surface area contributed by atoms with Crippen molar-refractivity contribution in [3.63, 3.8) is 0 Å². The molecule has 0 aromatic heterocycles. The van der Waals surface area contributed by atoms with E-state index in [1.165, 1.54) is 11.1 Å². The predicted molar refractivity (Wildman–Crippen MR) is 83.1 cm³/mol. The van der Waals surface area contributed by atoms with Crippen molar-refractivity contribution in [2.24, 2.45) is 5.92 Å². The average Bonchev–Trinajstić information content (AvgIpc) is 2.35. The van der Waals surface area contributed by atoms with Crippen molar-refractivity contribution in [2.45, 2.75) is 53.5 Å². The van der Waals surface area contributed by atoms with Crippen LogP contribution in [0.4, 0.5) is 0 Å². The molecule has 1 atom stereocenters. The third-order valence-corrected chi connectivity index (χ3v) is 3.57. The number of benzene rings is 1. The largest absolute Gasteiger partial charge is 0.492 e. The zero-order valence-corrected chi connectivity index (χ0v) is 13.3. The van der Waals surface area contributed by atoms with Crippen molar-refractivity contribution < 1.29 is 4.74 Å². The van der Waals surface area contributed by atoms with Crippen molar-refractivity contribution in [2.75, 3.05) is 13.2 Å². The molecule has 1 N–H and O–H groups in total. The van der Waals surface area contributed by atoms with E-state index < -0.39 is 0 Å². The second-order valence-electron chi connectivity index (χ2n) is 5.90. The Kier molecular flexibility index (Phi) is 6.36. The highest BCUT2D eigenvalue weighted by atomic mass is 16.5. The molecule has 1 rings (SSSR count). The van der Waals surface area contributed by atoms with Gasteiger partial charge in [-0.1, -0.05) is 46.8 Å². The molecule has 1 aromatic rings. The molecule has 0 aliphatic rings. The third-order valence-electron chi connectivity index (χ3n) is 3.57. The molecule has 0 aliphatic carbocycles. The normalized spacial score (nSPS) is 13.1. The van der Waals surface area contributed by atoms with Crippen LogP contribution in [0.2, 0.25) is 0 Å². The van der Waals surface area contributed by atoms with Gasteiger partial charge >= 0.3 is 0 Å². The van der Waals surface area contributed by atoms with Crippen molar-refractivity contribution in [3.8, 4) is 5.75 Å². The van der Waals surface area contributed by atoms with E-state index in [1.807, 2.05) is 0 Å². The first-order chi connectivity index (χ1) is 8.95. The van der Waals surface area contributed by atoms with E-state index in [9.17, 15) is 0 Å². The smallest absolute Gasteiger partial charge is 0.122 e. The first-order valence-corrected chi connectivity index (χ1v) is 7.42. The van der Waals surface area contributed by atoms with Crippen molar-refractivity contribution >= 4 is 0 Å². The molecule has 0 radical (unpaired) electrons. The Bertz CT molecular complexity index is 385. The van der Waals surface area contributed by atoms with E-state index in [2.05, 4.69) is 65.1 Å². The van der Waals surface area contributed by atoms with Gasteiger partial charge in [-0.2, -0.15) is 0 Å². The number of ether oxygens (including phenoxy) is 1. The summed E-state index contributed by atoms with van der Waals surface area (Å²) in [4.78, 5) is 0. The van der Waals surface area contributed by atoms with E-state index in [1.54, 1.807) is 0 Å². The lowest BCUT2D eigenvalue weighted by Crippen LogP contribution is -2.38. The Morgan fingerprint density at radius 1 is 1.16 bits per heavy atom. The van der Waals surface area contributed by atoms with Crippen LogP contribution in [0.25, 0.3) is 0 Å².